The van der Waals surface area contributed by atoms with Crippen LogP contribution in [0.1, 0.15) is 64.0 Å². The van der Waals surface area contributed by atoms with E-state index in [9.17, 15) is 5.11 Å². The summed E-state index contributed by atoms with van der Waals surface area (Å²) >= 11 is 0. The van der Waals surface area contributed by atoms with Gasteiger partial charge in [0, 0.05) is 6.04 Å². The third-order valence-electron chi connectivity index (χ3n) is 5.08. The van der Waals surface area contributed by atoms with E-state index in [-0.39, 0.29) is 6.04 Å². The fourth-order valence-corrected chi connectivity index (χ4v) is 3.54. The standard InChI is InChI=1S/C21H36N2O/c1-18(2)12-13-20(21(24)19-10-5-3-6-11-19)22-14-9-17-23-15-7-4-8-16-23/h3,5-6,10-11,18,20-22,24H,4,7-9,12-17H2,1-2H3/t20-,21-/m1/s1. The lowest BCUT2D eigenvalue weighted by atomic mass is 9.95. The topological polar surface area (TPSA) is 35.5 Å². The van der Waals surface area contributed by atoms with Crippen LogP contribution < -0.4 is 5.32 Å². The van der Waals surface area contributed by atoms with Gasteiger partial charge in [0.05, 0.1) is 6.10 Å². The van der Waals surface area contributed by atoms with E-state index >= 15 is 0 Å². The monoisotopic (exact) mass is 332 g/mol. The van der Waals surface area contributed by atoms with Crippen LogP contribution in [-0.4, -0.2) is 42.2 Å². The Hall–Kier alpha value is -0.900. The first kappa shape index (κ1) is 19.4. The molecule has 0 saturated carbocycles. The molecular formula is C21H36N2O. The van der Waals surface area contributed by atoms with Gasteiger partial charge in [-0.3, -0.25) is 0 Å². The molecule has 1 fully saturated rings. The number of aliphatic hydroxyl groups excluding tert-OH is 1. The minimum atomic E-state index is -0.417. The molecular weight excluding hydrogens is 296 g/mol. The lowest BCUT2D eigenvalue weighted by Crippen LogP contribution is -2.38. The molecule has 24 heavy (non-hydrogen) atoms. The van der Waals surface area contributed by atoms with E-state index in [4.69, 9.17) is 0 Å². The number of aliphatic hydroxyl groups is 1. The molecule has 0 unspecified atom stereocenters. The van der Waals surface area contributed by atoms with Crippen molar-refractivity contribution in [2.24, 2.45) is 5.92 Å². The zero-order valence-corrected chi connectivity index (χ0v) is 15.6. The number of hydrogen-bond acceptors (Lipinski definition) is 3. The van der Waals surface area contributed by atoms with Crippen molar-refractivity contribution in [2.45, 2.75) is 64.5 Å². The van der Waals surface area contributed by atoms with E-state index in [1.807, 2.05) is 30.3 Å². The summed E-state index contributed by atoms with van der Waals surface area (Å²) in [6, 6.07) is 10.2. The molecule has 1 aromatic rings. The largest absolute Gasteiger partial charge is 0.387 e. The summed E-state index contributed by atoms with van der Waals surface area (Å²) in [6.07, 6.45) is 7.04. The molecule has 3 heteroatoms. The minimum Gasteiger partial charge on any atom is -0.387 e. The predicted octanol–water partition coefficient (Wildman–Crippen LogP) is 3.99. The van der Waals surface area contributed by atoms with Crippen molar-refractivity contribution < 1.29 is 5.11 Å². The highest BCUT2D eigenvalue weighted by Crippen LogP contribution is 2.21. The summed E-state index contributed by atoms with van der Waals surface area (Å²) in [5.41, 5.74) is 1.02. The molecule has 1 aromatic carbocycles. The summed E-state index contributed by atoms with van der Waals surface area (Å²) in [4.78, 5) is 2.59. The van der Waals surface area contributed by atoms with Crippen LogP contribution in [0.3, 0.4) is 0 Å². The number of likely N-dealkylation sites (tertiary alicyclic amines) is 1. The van der Waals surface area contributed by atoms with Gasteiger partial charge in [0.1, 0.15) is 0 Å². The van der Waals surface area contributed by atoms with Crippen LogP contribution in [0.5, 0.6) is 0 Å². The SMILES string of the molecule is CC(C)CC[C@@H](NCCCN1CCCCC1)[C@H](O)c1ccccc1. The van der Waals surface area contributed by atoms with E-state index in [2.05, 4.69) is 24.1 Å². The summed E-state index contributed by atoms with van der Waals surface area (Å²) in [5, 5.41) is 14.4. The van der Waals surface area contributed by atoms with Crippen LogP contribution in [0.4, 0.5) is 0 Å². The third-order valence-corrected chi connectivity index (χ3v) is 5.08. The Kier molecular flexibility index (Phi) is 8.79. The van der Waals surface area contributed by atoms with Crippen LogP contribution >= 0.6 is 0 Å². The number of piperidine rings is 1. The molecule has 1 aliphatic rings. The number of benzene rings is 1. The molecule has 1 saturated heterocycles. The molecule has 0 spiro atoms. The highest BCUT2D eigenvalue weighted by atomic mass is 16.3. The van der Waals surface area contributed by atoms with Crippen molar-refractivity contribution >= 4 is 0 Å². The number of rotatable bonds is 10. The van der Waals surface area contributed by atoms with Crippen molar-refractivity contribution in [1.29, 1.82) is 0 Å². The lowest BCUT2D eigenvalue weighted by molar-refractivity contribution is 0.119. The average molecular weight is 333 g/mol. The fraction of sp³-hybridized carbons (Fsp3) is 0.714. The highest BCUT2D eigenvalue weighted by molar-refractivity contribution is 5.18. The number of nitrogens with one attached hydrogen (secondary N) is 1. The Morgan fingerprint density at radius 2 is 1.75 bits per heavy atom. The van der Waals surface area contributed by atoms with Gasteiger partial charge in [0.25, 0.3) is 0 Å². The highest BCUT2D eigenvalue weighted by Gasteiger charge is 2.20. The van der Waals surface area contributed by atoms with Crippen molar-refractivity contribution in [2.75, 3.05) is 26.2 Å². The van der Waals surface area contributed by atoms with Crippen molar-refractivity contribution in [3.63, 3.8) is 0 Å². The predicted molar refractivity (Wildman–Crippen MR) is 102 cm³/mol. The summed E-state index contributed by atoms with van der Waals surface area (Å²) < 4.78 is 0. The molecule has 2 N–H and O–H groups in total. The molecule has 3 nitrogen and oxygen atoms in total. The molecule has 1 aliphatic heterocycles. The van der Waals surface area contributed by atoms with Crippen LogP contribution in [0.2, 0.25) is 0 Å². The molecule has 0 amide bonds. The molecule has 0 bridgehead atoms. The quantitative estimate of drug-likeness (QED) is 0.636. The van der Waals surface area contributed by atoms with Gasteiger partial charge in [-0.15, -0.1) is 0 Å². The first-order valence-corrected chi connectivity index (χ1v) is 9.85. The molecule has 1 heterocycles. The molecule has 0 aromatic heterocycles. The van der Waals surface area contributed by atoms with Crippen LogP contribution in [0, 0.1) is 5.92 Å². The Labute approximate surface area is 148 Å². The van der Waals surface area contributed by atoms with Gasteiger partial charge in [0.15, 0.2) is 0 Å². The van der Waals surface area contributed by atoms with Gasteiger partial charge in [0.2, 0.25) is 0 Å². The minimum absolute atomic E-state index is 0.149. The van der Waals surface area contributed by atoms with Gasteiger partial charge in [-0.05, 0) is 69.8 Å². The third kappa shape index (κ3) is 6.92. The number of hydrogen-bond donors (Lipinski definition) is 2. The van der Waals surface area contributed by atoms with Crippen molar-refractivity contribution in [3.05, 3.63) is 35.9 Å². The summed E-state index contributed by atoms with van der Waals surface area (Å²) in [7, 11) is 0. The Bertz CT molecular complexity index is 429. The normalized spacial score (nSPS) is 18.7. The van der Waals surface area contributed by atoms with Gasteiger partial charge >= 0.3 is 0 Å². The van der Waals surface area contributed by atoms with Crippen LogP contribution in [-0.2, 0) is 0 Å². The number of nitrogens with zero attached hydrogens (tertiary/aromatic N) is 1. The zero-order valence-electron chi connectivity index (χ0n) is 15.6. The Morgan fingerprint density at radius 1 is 1.04 bits per heavy atom. The van der Waals surface area contributed by atoms with Crippen molar-refractivity contribution in [1.82, 2.24) is 10.2 Å². The second kappa shape index (κ2) is 10.9. The average Bonchev–Trinajstić information content (AvgIpc) is 2.62. The maximum Gasteiger partial charge on any atom is 0.0942 e. The van der Waals surface area contributed by atoms with Gasteiger partial charge < -0.3 is 15.3 Å². The second-order valence-corrected chi connectivity index (χ2v) is 7.64. The molecule has 2 atom stereocenters. The van der Waals surface area contributed by atoms with Crippen molar-refractivity contribution in [3.8, 4) is 0 Å². The molecule has 136 valence electrons. The first-order chi connectivity index (χ1) is 11.7. The maximum atomic E-state index is 10.8. The molecule has 0 aliphatic carbocycles. The maximum absolute atomic E-state index is 10.8. The summed E-state index contributed by atoms with van der Waals surface area (Å²) in [6.45, 7) is 9.21. The molecule has 2 rings (SSSR count). The van der Waals surface area contributed by atoms with E-state index in [1.54, 1.807) is 0 Å². The second-order valence-electron chi connectivity index (χ2n) is 7.64. The van der Waals surface area contributed by atoms with E-state index in [0.717, 1.165) is 24.9 Å². The fourth-order valence-electron chi connectivity index (χ4n) is 3.54. The molecule has 0 radical (unpaired) electrons. The Balaban J connectivity index is 1.79. The van der Waals surface area contributed by atoms with Crippen LogP contribution in [0.15, 0.2) is 30.3 Å². The lowest BCUT2D eigenvalue weighted by Gasteiger charge is -2.28. The smallest absolute Gasteiger partial charge is 0.0942 e. The first-order valence-electron chi connectivity index (χ1n) is 9.85. The van der Waals surface area contributed by atoms with Crippen LogP contribution in [0.25, 0.3) is 0 Å². The van der Waals surface area contributed by atoms with Gasteiger partial charge in [-0.2, -0.15) is 0 Å². The van der Waals surface area contributed by atoms with Gasteiger partial charge in [-0.1, -0.05) is 50.6 Å². The zero-order chi connectivity index (χ0) is 17.2. The van der Waals surface area contributed by atoms with E-state index < -0.39 is 6.10 Å². The van der Waals surface area contributed by atoms with E-state index in [0.29, 0.717) is 5.92 Å². The summed E-state index contributed by atoms with van der Waals surface area (Å²) in [5.74, 6) is 0.672. The van der Waals surface area contributed by atoms with Gasteiger partial charge in [-0.25, -0.2) is 0 Å². The Morgan fingerprint density at radius 3 is 2.42 bits per heavy atom. The van der Waals surface area contributed by atoms with E-state index in [1.165, 1.54) is 45.3 Å².